The number of aliphatic hydroxyl groups excluding tert-OH is 1. The van der Waals surface area contributed by atoms with Gasteiger partial charge in [0.15, 0.2) is 5.82 Å². The van der Waals surface area contributed by atoms with Gasteiger partial charge in [0.25, 0.3) is 0 Å². The molecule has 1 saturated heterocycles. The van der Waals surface area contributed by atoms with Crippen molar-refractivity contribution in [3.8, 4) is 28.5 Å². The van der Waals surface area contributed by atoms with Gasteiger partial charge in [-0.3, -0.25) is 4.98 Å². The summed E-state index contributed by atoms with van der Waals surface area (Å²) in [7, 11) is 0. The molecule has 6 rings (SSSR count). The summed E-state index contributed by atoms with van der Waals surface area (Å²) in [6.07, 6.45) is 0.988. The lowest BCUT2D eigenvalue weighted by Crippen LogP contribution is -2.35. The average molecular weight is 623 g/mol. The molecular weight excluding hydrogens is 596 g/mol. The third-order valence-corrected chi connectivity index (χ3v) is 6.68. The van der Waals surface area contributed by atoms with Gasteiger partial charge in [-0.2, -0.15) is 13.2 Å². The van der Waals surface area contributed by atoms with Crippen molar-refractivity contribution in [2.24, 2.45) is 0 Å². The van der Waals surface area contributed by atoms with Gasteiger partial charge in [0.05, 0.1) is 17.5 Å². The van der Waals surface area contributed by atoms with Gasteiger partial charge in [-0.05, 0) is 73.5 Å². The number of aliphatic hydroxyl groups is 1. The Balaban J connectivity index is 0.000000515. The van der Waals surface area contributed by atoms with E-state index < -0.39 is 12.1 Å². The first-order valence-corrected chi connectivity index (χ1v) is 13.6. The molecule has 0 aliphatic carbocycles. The topological polar surface area (TPSA) is 142 Å². The normalized spacial score (nSPS) is 13.6. The van der Waals surface area contributed by atoms with Gasteiger partial charge in [0.2, 0.25) is 5.95 Å². The minimum Gasteiger partial charge on any atom is -0.475 e. The van der Waals surface area contributed by atoms with Gasteiger partial charge in [-0.15, -0.1) is 5.10 Å². The fourth-order valence-electron chi connectivity index (χ4n) is 4.43. The molecule has 11 nitrogen and oxygen atoms in total. The molecule has 1 aliphatic heterocycles. The van der Waals surface area contributed by atoms with Crippen LogP contribution in [-0.2, 0) is 4.79 Å². The Bertz CT molecular complexity index is 1740. The van der Waals surface area contributed by atoms with Crippen LogP contribution in [0.15, 0.2) is 85.5 Å². The van der Waals surface area contributed by atoms with Crippen molar-refractivity contribution in [2.45, 2.75) is 25.1 Å². The molecule has 2 aromatic carbocycles. The third-order valence-electron chi connectivity index (χ3n) is 6.68. The van der Waals surface area contributed by atoms with E-state index >= 15 is 0 Å². The second-order valence-corrected chi connectivity index (χ2v) is 9.88. The van der Waals surface area contributed by atoms with Crippen LogP contribution in [-0.4, -0.2) is 71.3 Å². The lowest BCUT2D eigenvalue weighted by atomic mass is 10.1. The van der Waals surface area contributed by atoms with E-state index in [4.69, 9.17) is 9.90 Å². The number of carboxylic acid groups (broad SMARTS) is 1. The first-order chi connectivity index (χ1) is 21.5. The van der Waals surface area contributed by atoms with Crippen molar-refractivity contribution in [1.82, 2.24) is 29.7 Å². The van der Waals surface area contributed by atoms with Crippen molar-refractivity contribution >= 4 is 23.3 Å². The highest BCUT2D eigenvalue weighted by atomic mass is 19.4. The Hall–Kier alpha value is -5.44. The average Bonchev–Trinajstić information content (AvgIpc) is 3.53. The van der Waals surface area contributed by atoms with Gasteiger partial charge < -0.3 is 20.4 Å². The van der Waals surface area contributed by atoms with E-state index in [2.05, 4.69) is 35.3 Å². The molecule has 3 aromatic heterocycles. The number of carbonyl (C=O) groups is 1. The van der Waals surface area contributed by atoms with Crippen LogP contribution in [0.25, 0.3) is 28.5 Å². The van der Waals surface area contributed by atoms with Crippen LogP contribution in [0.3, 0.4) is 0 Å². The Kier molecular flexibility index (Phi) is 9.28. The van der Waals surface area contributed by atoms with Gasteiger partial charge >= 0.3 is 12.1 Å². The van der Waals surface area contributed by atoms with E-state index in [0.29, 0.717) is 54.7 Å². The number of anilines is 3. The van der Waals surface area contributed by atoms with Crippen molar-refractivity contribution in [3.63, 3.8) is 0 Å². The monoisotopic (exact) mass is 622 g/mol. The summed E-state index contributed by atoms with van der Waals surface area (Å²) in [4.78, 5) is 28.6. The number of rotatable bonds is 6. The zero-order valence-corrected chi connectivity index (χ0v) is 23.4. The number of pyridine rings is 1. The molecule has 1 aliphatic rings. The molecule has 4 heterocycles. The van der Waals surface area contributed by atoms with Crippen LogP contribution >= 0.6 is 0 Å². The molecular formula is C30H26F4N8O3. The summed E-state index contributed by atoms with van der Waals surface area (Å²) in [5, 5.41) is 24.6. The quantitative estimate of drug-likeness (QED) is 0.215. The summed E-state index contributed by atoms with van der Waals surface area (Å²) >= 11 is 0. The number of benzene rings is 2. The maximum absolute atomic E-state index is 14.5. The summed E-state index contributed by atoms with van der Waals surface area (Å²) in [5.74, 6) is -2.13. The Morgan fingerprint density at radius 2 is 1.62 bits per heavy atom. The third kappa shape index (κ3) is 8.14. The molecule has 0 amide bonds. The maximum atomic E-state index is 14.5. The molecule has 45 heavy (non-hydrogen) atoms. The number of halogens is 4. The largest absolute Gasteiger partial charge is 0.490 e. The first kappa shape index (κ1) is 31.0. The minimum atomic E-state index is -5.08. The molecule has 0 spiro atoms. The number of aromatic nitrogens is 6. The summed E-state index contributed by atoms with van der Waals surface area (Å²) in [5.41, 5.74) is 4.42. The van der Waals surface area contributed by atoms with Crippen LogP contribution < -0.4 is 10.2 Å². The van der Waals surface area contributed by atoms with Crippen LogP contribution in [0.1, 0.15) is 12.8 Å². The molecule has 232 valence electrons. The SMILES string of the molecule is O=C(O)C(F)(F)F.OC1CCN(c2cc(F)cc(-c3ccnc(Nc4ccc(-n5cnc(-c6ccccn6)n5)cc4)n3)c2)CC1. The number of alkyl halides is 3. The number of nitrogens with one attached hydrogen (secondary N) is 1. The highest BCUT2D eigenvalue weighted by Crippen LogP contribution is 2.28. The van der Waals surface area contributed by atoms with E-state index in [-0.39, 0.29) is 11.9 Å². The van der Waals surface area contributed by atoms with Crippen LogP contribution in [0.4, 0.5) is 34.9 Å². The molecule has 1 fully saturated rings. The Labute approximate surface area is 253 Å². The second-order valence-electron chi connectivity index (χ2n) is 9.88. The smallest absolute Gasteiger partial charge is 0.475 e. The minimum absolute atomic E-state index is 0.288. The number of piperidine rings is 1. The maximum Gasteiger partial charge on any atom is 0.490 e. The lowest BCUT2D eigenvalue weighted by molar-refractivity contribution is -0.192. The van der Waals surface area contributed by atoms with Gasteiger partial charge in [0, 0.05) is 42.4 Å². The summed E-state index contributed by atoms with van der Waals surface area (Å²) in [6.45, 7) is 1.38. The van der Waals surface area contributed by atoms with Gasteiger partial charge in [0.1, 0.15) is 17.8 Å². The standard InChI is InChI=1S/C28H25FN8O.C2HF3O2/c29-20-15-19(16-23(17-20)36-13-9-24(38)10-14-36)25-8-12-31-28(34-25)33-21-4-6-22(7-5-21)37-18-32-27(35-37)26-3-1-2-11-30-26;3-2(4,5)1(6)7/h1-8,11-12,15-18,24,38H,9-10,13-14H2,(H,31,33,34);(H,6,7). The van der Waals surface area contributed by atoms with E-state index in [1.54, 1.807) is 29.5 Å². The Morgan fingerprint density at radius 1 is 0.889 bits per heavy atom. The van der Waals surface area contributed by atoms with E-state index in [9.17, 15) is 22.7 Å². The molecule has 0 radical (unpaired) electrons. The molecule has 0 unspecified atom stereocenters. The fourth-order valence-corrected chi connectivity index (χ4v) is 4.43. The van der Waals surface area contributed by atoms with E-state index in [0.717, 1.165) is 17.1 Å². The number of hydrogen-bond acceptors (Lipinski definition) is 9. The molecule has 0 bridgehead atoms. The highest BCUT2D eigenvalue weighted by molar-refractivity contribution is 5.73. The van der Waals surface area contributed by atoms with Crippen molar-refractivity contribution < 1.29 is 32.6 Å². The van der Waals surface area contributed by atoms with Crippen LogP contribution in [0, 0.1) is 5.82 Å². The predicted octanol–water partition coefficient (Wildman–Crippen LogP) is 5.26. The molecule has 5 aromatic rings. The van der Waals surface area contributed by atoms with Gasteiger partial charge in [-0.1, -0.05) is 6.07 Å². The van der Waals surface area contributed by atoms with Crippen LogP contribution in [0.5, 0.6) is 0 Å². The molecule has 15 heteroatoms. The first-order valence-electron chi connectivity index (χ1n) is 13.6. The lowest BCUT2D eigenvalue weighted by Gasteiger charge is -2.31. The summed E-state index contributed by atoms with van der Waals surface area (Å²) in [6, 6.07) is 19.9. The highest BCUT2D eigenvalue weighted by Gasteiger charge is 2.38. The van der Waals surface area contributed by atoms with Crippen molar-refractivity contribution in [2.75, 3.05) is 23.3 Å². The zero-order chi connectivity index (χ0) is 32.0. The van der Waals surface area contributed by atoms with Gasteiger partial charge in [-0.25, -0.2) is 28.8 Å². The number of hydrogen-bond donors (Lipinski definition) is 3. The zero-order valence-electron chi connectivity index (χ0n) is 23.4. The van der Waals surface area contributed by atoms with Crippen molar-refractivity contribution in [1.29, 1.82) is 0 Å². The number of aliphatic carboxylic acids is 1. The number of nitrogens with zero attached hydrogens (tertiary/aromatic N) is 7. The predicted molar refractivity (Wildman–Crippen MR) is 156 cm³/mol. The summed E-state index contributed by atoms with van der Waals surface area (Å²) < 4.78 is 47.9. The molecule has 0 saturated carbocycles. The van der Waals surface area contributed by atoms with Crippen LogP contribution in [0.2, 0.25) is 0 Å². The van der Waals surface area contributed by atoms with E-state index in [1.807, 2.05) is 48.5 Å². The van der Waals surface area contributed by atoms with Crippen molar-refractivity contribution in [3.05, 3.63) is 91.3 Å². The Morgan fingerprint density at radius 3 is 2.29 bits per heavy atom. The second kappa shape index (κ2) is 13.5. The fraction of sp³-hybridized carbons (Fsp3) is 0.200. The molecule has 3 N–H and O–H groups in total. The van der Waals surface area contributed by atoms with E-state index in [1.165, 1.54) is 12.1 Å². The molecule has 0 atom stereocenters. The number of carboxylic acids is 1.